The highest BCUT2D eigenvalue weighted by Gasteiger charge is 2.35. The fourth-order valence-electron chi connectivity index (χ4n) is 2.38. The first kappa shape index (κ1) is 13.3. The third-order valence-corrected chi connectivity index (χ3v) is 3.52. The van der Waals surface area contributed by atoms with Crippen LogP contribution in [0.1, 0.15) is 12.0 Å². The highest BCUT2D eigenvalue weighted by atomic mass is 16.3. The number of nitrogens with zero attached hydrogens (tertiary/aromatic N) is 1. The molecule has 3 atom stereocenters. The summed E-state index contributed by atoms with van der Waals surface area (Å²) in [4.78, 5) is 1.99. The molecule has 100 valence electrons. The quantitative estimate of drug-likeness (QED) is 0.547. The third kappa shape index (κ3) is 2.81. The van der Waals surface area contributed by atoms with Crippen LogP contribution in [-0.4, -0.2) is 51.6 Å². The number of piperidine rings is 1. The molecule has 5 N–H and O–H groups in total. The van der Waals surface area contributed by atoms with Crippen molar-refractivity contribution in [3.05, 3.63) is 29.8 Å². The summed E-state index contributed by atoms with van der Waals surface area (Å²) in [6, 6.07) is 7.12. The van der Waals surface area contributed by atoms with Gasteiger partial charge in [0, 0.05) is 18.8 Å². The van der Waals surface area contributed by atoms with Gasteiger partial charge in [0.15, 0.2) is 0 Å². The van der Waals surface area contributed by atoms with Gasteiger partial charge in [0.2, 0.25) is 0 Å². The molecule has 0 unspecified atom stereocenters. The smallest absolute Gasteiger partial charge is 0.0976 e. The van der Waals surface area contributed by atoms with Crippen LogP contribution in [0.4, 0.5) is 5.69 Å². The number of likely N-dealkylation sites (tertiary alicyclic amines) is 1. The van der Waals surface area contributed by atoms with Crippen LogP contribution < -0.4 is 5.73 Å². The van der Waals surface area contributed by atoms with E-state index >= 15 is 0 Å². The molecule has 0 bridgehead atoms. The van der Waals surface area contributed by atoms with Crippen molar-refractivity contribution in [2.75, 3.05) is 18.9 Å². The van der Waals surface area contributed by atoms with Crippen molar-refractivity contribution in [2.45, 2.75) is 31.2 Å². The molecular formula is C13H20N2O3. The van der Waals surface area contributed by atoms with Crippen LogP contribution in [0.3, 0.4) is 0 Å². The lowest BCUT2D eigenvalue weighted by molar-refractivity contribution is -0.0920. The molecule has 2 rings (SSSR count). The Morgan fingerprint density at radius 3 is 2.50 bits per heavy atom. The first-order valence-electron chi connectivity index (χ1n) is 6.17. The second kappa shape index (κ2) is 5.67. The van der Waals surface area contributed by atoms with E-state index in [1.165, 1.54) is 0 Å². The highest BCUT2D eigenvalue weighted by Crippen LogP contribution is 2.20. The first-order valence-corrected chi connectivity index (χ1v) is 6.17. The molecular weight excluding hydrogens is 232 g/mol. The molecule has 1 saturated heterocycles. The summed E-state index contributed by atoms with van der Waals surface area (Å²) in [6.45, 7) is 1.14. The van der Waals surface area contributed by atoms with E-state index in [1.54, 1.807) is 0 Å². The summed E-state index contributed by atoms with van der Waals surface area (Å²) in [5.74, 6) is 0. The largest absolute Gasteiger partial charge is 0.399 e. The summed E-state index contributed by atoms with van der Waals surface area (Å²) in [6.07, 6.45) is -1.12. The maximum absolute atomic E-state index is 9.86. The Morgan fingerprint density at radius 2 is 1.89 bits per heavy atom. The number of anilines is 1. The van der Waals surface area contributed by atoms with Gasteiger partial charge in [-0.3, -0.25) is 4.90 Å². The number of rotatable bonds is 3. The molecule has 0 amide bonds. The first-order chi connectivity index (χ1) is 8.61. The molecule has 0 saturated carbocycles. The zero-order valence-corrected chi connectivity index (χ0v) is 10.2. The number of hydrogen-bond donors (Lipinski definition) is 4. The van der Waals surface area contributed by atoms with Crippen LogP contribution in [0.15, 0.2) is 24.3 Å². The molecule has 18 heavy (non-hydrogen) atoms. The SMILES string of the molecule is Nc1ccc(CN2CC[C@@H](O)[C@H](O)[C@H]2CO)cc1. The van der Waals surface area contributed by atoms with Crippen LogP contribution >= 0.6 is 0 Å². The summed E-state index contributed by atoms with van der Waals surface area (Å²) in [5.41, 5.74) is 7.42. The van der Waals surface area contributed by atoms with Gasteiger partial charge in [-0.05, 0) is 24.1 Å². The lowest BCUT2D eigenvalue weighted by atomic mass is 9.96. The van der Waals surface area contributed by atoms with Crippen LogP contribution in [0, 0.1) is 0 Å². The third-order valence-electron chi connectivity index (χ3n) is 3.52. The molecule has 1 aliphatic heterocycles. The van der Waals surface area contributed by atoms with E-state index in [-0.39, 0.29) is 6.61 Å². The Morgan fingerprint density at radius 1 is 1.22 bits per heavy atom. The molecule has 1 fully saturated rings. The predicted molar refractivity (Wildman–Crippen MR) is 68.8 cm³/mol. The maximum atomic E-state index is 9.86. The van der Waals surface area contributed by atoms with Crippen LogP contribution in [0.25, 0.3) is 0 Å². The van der Waals surface area contributed by atoms with Gasteiger partial charge in [-0.1, -0.05) is 12.1 Å². The zero-order chi connectivity index (χ0) is 13.1. The molecule has 0 aromatic heterocycles. The second-order valence-corrected chi connectivity index (χ2v) is 4.81. The Balaban J connectivity index is 2.05. The monoisotopic (exact) mass is 252 g/mol. The Bertz CT molecular complexity index is 382. The number of benzene rings is 1. The number of aliphatic hydroxyl groups excluding tert-OH is 3. The van der Waals surface area contributed by atoms with Crippen molar-refractivity contribution in [3.63, 3.8) is 0 Å². The average molecular weight is 252 g/mol. The van der Waals surface area contributed by atoms with Gasteiger partial charge in [-0.25, -0.2) is 0 Å². The molecule has 5 heteroatoms. The summed E-state index contributed by atoms with van der Waals surface area (Å²) in [7, 11) is 0. The normalized spacial score (nSPS) is 29.4. The van der Waals surface area contributed by atoms with Gasteiger partial charge in [0.25, 0.3) is 0 Å². The maximum Gasteiger partial charge on any atom is 0.0976 e. The Labute approximate surface area is 106 Å². The molecule has 1 aromatic carbocycles. The molecule has 1 heterocycles. The lowest BCUT2D eigenvalue weighted by Crippen LogP contribution is -2.55. The fourth-order valence-corrected chi connectivity index (χ4v) is 2.38. The van der Waals surface area contributed by atoms with Crippen LogP contribution in [0.5, 0.6) is 0 Å². The number of nitrogens with two attached hydrogens (primary N) is 1. The molecule has 5 nitrogen and oxygen atoms in total. The topological polar surface area (TPSA) is 90.0 Å². The minimum atomic E-state index is -0.891. The average Bonchev–Trinajstić information content (AvgIpc) is 2.37. The van der Waals surface area contributed by atoms with Crippen molar-refractivity contribution in [1.82, 2.24) is 4.90 Å². The van der Waals surface area contributed by atoms with Crippen molar-refractivity contribution >= 4 is 5.69 Å². The van der Waals surface area contributed by atoms with Gasteiger partial charge in [0.1, 0.15) is 0 Å². The Hall–Kier alpha value is -1.14. The van der Waals surface area contributed by atoms with Crippen molar-refractivity contribution < 1.29 is 15.3 Å². The molecule has 0 aliphatic carbocycles. The fraction of sp³-hybridized carbons (Fsp3) is 0.538. The van der Waals surface area contributed by atoms with Crippen LogP contribution in [0.2, 0.25) is 0 Å². The van der Waals surface area contributed by atoms with E-state index in [1.807, 2.05) is 29.2 Å². The molecule has 1 aromatic rings. The molecule has 0 spiro atoms. The summed E-state index contributed by atoms with van der Waals surface area (Å²) < 4.78 is 0. The van der Waals surface area contributed by atoms with Crippen LogP contribution in [-0.2, 0) is 6.54 Å². The predicted octanol–water partition coefficient (Wildman–Crippen LogP) is -0.443. The van der Waals surface area contributed by atoms with Crippen molar-refractivity contribution in [1.29, 1.82) is 0 Å². The van der Waals surface area contributed by atoms with Crippen molar-refractivity contribution in [2.24, 2.45) is 0 Å². The van der Waals surface area contributed by atoms with Gasteiger partial charge >= 0.3 is 0 Å². The lowest BCUT2D eigenvalue weighted by Gasteiger charge is -2.40. The van der Waals surface area contributed by atoms with E-state index in [2.05, 4.69) is 0 Å². The van der Waals surface area contributed by atoms with E-state index in [0.29, 0.717) is 25.2 Å². The molecule has 1 aliphatic rings. The van der Waals surface area contributed by atoms with E-state index in [9.17, 15) is 15.3 Å². The summed E-state index contributed by atoms with van der Waals surface area (Å²) in [5, 5.41) is 28.8. The standard InChI is InChI=1S/C13H20N2O3/c14-10-3-1-9(2-4-10)7-15-6-5-12(17)13(18)11(15)8-16/h1-4,11-13,16-18H,5-8,14H2/t11-,12-,13-/m1/s1. The van der Waals surface area contributed by atoms with Gasteiger partial charge in [-0.2, -0.15) is 0 Å². The van der Waals surface area contributed by atoms with Gasteiger partial charge < -0.3 is 21.1 Å². The summed E-state index contributed by atoms with van der Waals surface area (Å²) >= 11 is 0. The zero-order valence-electron chi connectivity index (χ0n) is 10.2. The van der Waals surface area contributed by atoms with E-state index < -0.39 is 18.2 Å². The molecule has 0 radical (unpaired) electrons. The van der Waals surface area contributed by atoms with E-state index in [0.717, 1.165) is 5.56 Å². The Kier molecular flexibility index (Phi) is 4.19. The minimum Gasteiger partial charge on any atom is -0.399 e. The highest BCUT2D eigenvalue weighted by molar-refractivity contribution is 5.39. The van der Waals surface area contributed by atoms with Crippen molar-refractivity contribution in [3.8, 4) is 0 Å². The number of nitrogen functional groups attached to an aromatic ring is 1. The second-order valence-electron chi connectivity index (χ2n) is 4.81. The number of hydrogen-bond acceptors (Lipinski definition) is 5. The minimum absolute atomic E-state index is 0.160. The number of aliphatic hydroxyl groups is 3. The van der Waals surface area contributed by atoms with Gasteiger partial charge in [-0.15, -0.1) is 0 Å². The van der Waals surface area contributed by atoms with E-state index in [4.69, 9.17) is 5.73 Å². The van der Waals surface area contributed by atoms with Gasteiger partial charge in [0.05, 0.1) is 24.9 Å².